The highest BCUT2D eigenvalue weighted by molar-refractivity contribution is 6.23. The lowest BCUT2D eigenvalue weighted by molar-refractivity contribution is 1.34. The zero-order chi connectivity index (χ0) is 26.4. The predicted octanol–water partition coefficient (Wildman–Crippen LogP) is 10.8. The van der Waals surface area contributed by atoms with Crippen molar-refractivity contribution in [2.75, 3.05) is 0 Å². The van der Waals surface area contributed by atoms with Gasteiger partial charge in [0.2, 0.25) is 0 Å². The standard InChI is InChI=1S/C38H32/c1-24(2)27(5)36(29-16-8-6-14-25(29)3)38-33-20-12-10-18-31(33)37(32-19-11-13-21-34(32)38)35-26(4)22-23-28-15-7-9-17-30(28)35/h6-23H,1H2,2-5H3. The highest BCUT2D eigenvalue weighted by atomic mass is 14.3. The number of hydrogen-bond acceptors (Lipinski definition) is 0. The molecule has 38 heavy (non-hydrogen) atoms. The molecule has 0 aliphatic carbocycles. The summed E-state index contributed by atoms with van der Waals surface area (Å²) in [5, 5.41) is 7.66. The number of allylic oxidation sites excluding steroid dienone is 2. The predicted molar refractivity (Wildman–Crippen MR) is 167 cm³/mol. The second kappa shape index (κ2) is 9.47. The van der Waals surface area contributed by atoms with Crippen molar-refractivity contribution in [1.29, 1.82) is 0 Å². The van der Waals surface area contributed by atoms with Gasteiger partial charge in [-0.3, -0.25) is 0 Å². The molecule has 0 nitrogen and oxygen atoms in total. The van der Waals surface area contributed by atoms with Crippen LogP contribution in [0.3, 0.4) is 0 Å². The third-order valence-corrected chi connectivity index (χ3v) is 8.00. The van der Waals surface area contributed by atoms with Gasteiger partial charge in [0.25, 0.3) is 0 Å². The Morgan fingerprint density at radius 3 is 1.63 bits per heavy atom. The summed E-state index contributed by atoms with van der Waals surface area (Å²) in [5.41, 5.74) is 11.3. The molecule has 0 spiro atoms. The summed E-state index contributed by atoms with van der Waals surface area (Å²) in [7, 11) is 0. The van der Waals surface area contributed by atoms with E-state index in [1.165, 1.54) is 76.8 Å². The van der Waals surface area contributed by atoms with Gasteiger partial charge in [0.05, 0.1) is 0 Å². The Morgan fingerprint density at radius 1 is 0.500 bits per heavy atom. The largest absolute Gasteiger partial charge is 0.0958 e. The summed E-state index contributed by atoms with van der Waals surface area (Å²) in [6.07, 6.45) is 0. The van der Waals surface area contributed by atoms with E-state index in [1.807, 2.05) is 0 Å². The molecule has 0 saturated carbocycles. The number of aryl methyl sites for hydroxylation is 2. The first kappa shape index (κ1) is 23.9. The second-order valence-corrected chi connectivity index (χ2v) is 10.4. The molecule has 0 saturated heterocycles. The average molecular weight is 489 g/mol. The van der Waals surface area contributed by atoms with E-state index >= 15 is 0 Å². The Bertz CT molecular complexity index is 1860. The minimum atomic E-state index is 1.09. The third-order valence-electron chi connectivity index (χ3n) is 8.00. The van der Waals surface area contributed by atoms with Crippen LogP contribution in [0.2, 0.25) is 0 Å². The molecule has 0 radical (unpaired) electrons. The van der Waals surface area contributed by atoms with Gasteiger partial charge < -0.3 is 0 Å². The molecule has 0 amide bonds. The minimum Gasteiger partial charge on any atom is -0.0958 e. The van der Waals surface area contributed by atoms with Gasteiger partial charge in [0, 0.05) is 0 Å². The van der Waals surface area contributed by atoms with Crippen LogP contribution in [0.4, 0.5) is 0 Å². The van der Waals surface area contributed by atoms with Crippen LogP contribution < -0.4 is 0 Å². The number of rotatable bonds is 4. The normalized spacial score (nSPS) is 12.2. The van der Waals surface area contributed by atoms with Gasteiger partial charge in [0.15, 0.2) is 0 Å². The first-order valence-electron chi connectivity index (χ1n) is 13.3. The Morgan fingerprint density at radius 2 is 1.03 bits per heavy atom. The summed E-state index contributed by atoms with van der Waals surface area (Å²) in [6.45, 7) is 13.2. The highest BCUT2D eigenvalue weighted by Gasteiger charge is 2.22. The van der Waals surface area contributed by atoms with Gasteiger partial charge in [-0.25, -0.2) is 0 Å². The Kier molecular flexibility index (Phi) is 5.97. The fraction of sp³-hybridized carbons (Fsp3) is 0.105. The smallest absolute Gasteiger partial charge is 0.00175 e. The summed E-state index contributed by atoms with van der Waals surface area (Å²) in [4.78, 5) is 0. The lowest BCUT2D eigenvalue weighted by Gasteiger charge is -2.23. The summed E-state index contributed by atoms with van der Waals surface area (Å²) >= 11 is 0. The lowest BCUT2D eigenvalue weighted by atomic mass is 9.80. The molecule has 0 fully saturated rings. The molecule has 0 N–H and O–H groups in total. The Labute approximate surface area is 225 Å². The quantitative estimate of drug-likeness (QED) is 0.171. The van der Waals surface area contributed by atoms with Crippen LogP contribution in [0, 0.1) is 13.8 Å². The topological polar surface area (TPSA) is 0 Å². The van der Waals surface area contributed by atoms with Gasteiger partial charge in [-0.1, -0.05) is 121 Å². The van der Waals surface area contributed by atoms with Crippen molar-refractivity contribution >= 4 is 37.9 Å². The molecule has 0 unspecified atom stereocenters. The molecule has 184 valence electrons. The first-order valence-corrected chi connectivity index (χ1v) is 13.3. The fourth-order valence-electron chi connectivity index (χ4n) is 5.97. The number of hydrogen-bond donors (Lipinski definition) is 0. The summed E-state index contributed by atoms with van der Waals surface area (Å²) < 4.78 is 0. The molecular formula is C38H32. The SMILES string of the molecule is C=C(C)C(C)=C(c1ccccc1C)c1c2ccccc2c(-c2c(C)ccc3ccccc23)c2ccccc12. The van der Waals surface area contributed by atoms with E-state index in [4.69, 9.17) is 0 Å². The maximum absolute atomic E-state index is 4.37. The van der Waals surface area contributed by atoms with Crippen LogP contribution in [-0.4, -0.2) is 0 Å². The molecule has 0 aliphatic heterocycles. The molecular weight excluding hydrogens is 456 g/mol. The summed E-state index contributed by atoms with van der Waals surface area (Å²) in [5.74, 6) is 0. The minimum absolute atomic E-state index is 1.09. The van der Waals surface area contributed by atoms with Gasteiger partial charge in [-0.2, -0.15) is 0 Å². The van der Waals surface area contributed by atoms with Crippen molar-refractivity contribution in [2.45, 2.75) is 27.7 Å². The molecule has 0 heterocycles. The molecule has 6 aromatic rings. The van der Waals surface area contributed by atoms with E-state index < -0.39 is 0 Å². The van der Waals surface area contributed by atoms with Crippen molar-refractivity contribution in [3.63, 3.8) is 0 Å². The van der Waals surface area contributed by atoms with E-state index in [1.54, 1.807) is 0 Å². The monoisotopic (exact) mass is 488 g/mol. The summed E-state index contributed by atoms with van der Waals surface area (Å²) in [6, 6.07) is 39.9. The second-order valence-electron chi connectivity index (χ2n) is 10.4. The van der Waals surface area contributed by atoms with Gasteiger partial charge >= 0.3 is 0 Å². The zero-order valence-electron chi connectivity index (χ0n) is 22.6. The molecule has 6 rings (SSSR count). The maximum atomic E-state index is 4.37. The lowest BCUT2D eigenvalue weighted by Crippen LogP contribution is -2.00. The molecule has 0 aliphatic rings. The molecule has 0 aromatic heterocycles. The first-order chi connectivity index (χ1) is 18.5. The maximum Gasteiger partial charge on any atom is -0.00175 e. The van der Waals surface area contributed by atoms with Crippen molar-refractivity contribution in [1.82, 2.24) is 0 Å². The van der Waals surface area contributed by atoms with E-state index in [0.29, 0.717) is 0 Å². The highest BCUT2D eigenvalue weighted by Crippen LogP contribution is 2.47. The van der Waals surface area contributed by atoms with Crippen LogP contribution in [0.15, 0.2) is 127 Å². The molecule has 0 heteroatoms. The van der Waals surface area contributed by atoms with Crippen LogP contribution in [0.5, 0.6) is 0 Å². The Balaban J connectivity index is 1.86. The van der Waals surface area contributed by atoms with Crippen LogP contribution in [0.25, 0.3) is 49.0 Å². The van der Waals surface area contributed by atoms with Crippen LogP contribution in [0.1, 0.15) is 36.1 Å². The van der Waals surface area contributed by atoms with Crippen molar-refractivity contribution in [2.24, 2.45) is 0 Å². The zero-order valence-corrected chi connectivity index (χ0v) is 22.6. The van der Waals surface area contributed by atoms with Crippen molar-refractivity contribution < 1.29 is 0 Å². The van der Waals surface area contributed by atoms with E-state index in [2.05, 4.69) is 143 Å². The Hall–Kier alpha value is -4.42. The van der Waals surface area contributed by atoms with Crippen LogP contribution in [-0.2, 0) is 0 Å². The third kappa shape index (κ3) is 3.76. The van der Waals surface area contributed by atoms with Crippen LogP contribution >= 0.6 is 0 Å². The van der Waals surface area contributed by atoms with Gasteiger partial charge in [0.1, 0.15) is 0 Å². The molecule has 6 aromatic carbocycles. The average Bonchev–Trinajstić information content (AvgIpc) is 2.94. The number of fused-ring (bicyclic) bond motifs is 3. The van der Waals surface area contributed by atoms with Crippen molar-refractivity contribution in [3.8, 4) is 11.1 Å². The van der Waals surface area contributed by atoms with E-state index in [9.17, 15) is 0 Å². The van der Waals surface area contributed by atoms with E-state index in [0.717, 1.165) is 5.57 Å². The van der Waals surface area contributed by atoms with Gasteiger partial charge in [-0.15, -0.1) is 0 Å². The molecule has 0 atom stereocenters. The van der Waals surface area contributed by atoms with Gasteiger partial charge in [-0.05, 0) is 105 Å². The van der Waals surface area contributed by atoms with E-state index in [-0.39, 0.29) is 0 Å². The fourth-order valence-corrected chi connectivity index (χ4v) is 5.97. The molecule has 0 bridgehead atoms. The number of benzene rings is 6. The van der Waals surface area contributed by atoms with Crippen molar-refractivity contribution in [3.05, 3.63) is 149 Å².